The van der Waals surface area contributed by atoms with Crippen molar-refractivity contribution in [2.24, 2.45) is 5.92 Å². The van der Waals surface area contributed by atoms with Crippen LogP contribution in [0.3, 0.4) is 0 Å². The van der Waals surface area contributed by atoms with E-state index in [0.29, 0.717) is 26.2 Å². The van der Waals surface area contributed by atoms with E-state index in [1.165, 1.54) is 4.31 Å². The number of piperidine rings is 1. The third-order valence-electron chi connectivity index (χ3n) is 3.69. The molecule has 104 valence electrons. The molecule has 0 aromatic carbocycles. The number of aliphatic hydroxyl groups is 1. The molecule has 1 N–H and O–H groups in total. The zero-order valence-electron chi connectivity index (χ0n) is 10.9. The Morgan fingerprint density at radius 3 is 2.83 bits per heavy atom. The molecule has 6 heteroatoms. The van der Waals surface area contributed by atoms with Crippen LogP contribution in [0, 0.1) is 5.92 Å². The fourth-order valence-electron chi connectivity index (χ4n) is 2.62. The van der Waals surface area contributed by atoms with Gasteiger partial charge in [0.1, 0.15) is 0 Å². The molecule has 1 saturated heterocycles. The Kier molecular flexibility index (Phi) is 4.42. The second-order valence-electron chi connectivity index (χ2n) is 5.23. The number of rotatable bonds is 3. The molecule has 0 bridgehead atoms. The van der Waals surface area contributed by atoms with Gasteiger partial charge in [-0.2, -0.15) is 17.0 Å². The number of hydrogen-bond acceptors (Lipinski definition) is 3. The summed E-state index contributed by atoms with van der Waals surface area (Å²) < 4.78 is 28.1. The summed E-state index contributed by atoms with van der Waals surface area (Å²) in [5.74, 6) is 0.0926. The molecule has 0 saturated carbocycles. The predicted octanol–water partition coefficient (Wildman–Crippen LogP) is 0.588. The van der Waals surface area contributed by atoms with E-state index in [9.17, 15) is 13.5 Å². The van der Waals surface area contributed by atoms with Crippen molar-refractivity contribution in [1.29, 1.82) is 0 Å². The second kappa shape index (κ2) is 5.69. The van der Waals surface area contributed by atoms with Crippen molar-refractivity contribution in [2.45, 2.75) is 26.2 Å². The van der Waals surface area contributed by atoms with Crippen molar-refractivity contribution in [3.8, 4) is 0 Å². The van der Waals surface area contributed by atoms with E-state index in [4.69, 9.17) is 0 Å². The molecule has 1 fully saturated rings. The molecular formula is C12H22N2O3S. The number of hydrogen-bond donors (Lipinski definition) is 1. The molecule has 5 nitrogen and oxygen atoms in total. The summed E-state index contributed by atoms with van der Waals surface area (Å²) in [6.45, 7) is 4.15. The van der Waals surface area contributed by atoms with Crippen LogP contribution in [0.2, 0.25) is 0 Å². The molecule has 2 aliphatic rings. The highest BCUT2D eigenvalue weighted by Gasteiger charge is 2.33. The molecule has 0 aromatic rings. The zero-order chi connectivity index (χ0) is 13.2. The molecular weight excluding hydrogens is 252 g/mol. The lowest BCUT2D eigenvalue weighted by molar-refractivity contribution is 0.161. The minimum atomic E-state index is -3.35. The van der Waals surface area contributed by atoms with Crippen LogP contribution in [0.1, 0.15) is 26.2 Å². The van der Waals surface area contributed by atoms with Gasteiger partial charge in [0.05, 0.1) is 0 Å². The molecule has 0 aromatic heterocycles. The highest BCUT2D eigenvalue weighted by molar-refractivity contribution is 7.86. The van der Waals surface area contributed by atoms with Crippen molar-refractivity contribution in [3.63, 3.8) is 0 Å². The monoisotopic (exact) mass is 274 g/mol. The van der Waals surface area contributed by atoms with Gasteiger partial charge in [-0.1, -0.05) is 11.6 Å². The van der Waals surface area contributed by atoms with E-state index in [-0.39, 0.29) is 12.5 Å². The summed E-state index contributed by atoms with van der Waals surface area (Å²) >= 11 is 0. The average molecular weight is 274 g/mol. The first-order valence-electron chi connectivity index (χ1n) is 6.55. The topological polar surface area (TPSA) is 60.9 Å². The Morgan fingerprint density at radius 2 is 2.17 bits per heavy atom. The van der Waals surface area contributed by atoms with Crippen LogP contribution < -0.4 is 0 Å². The molecule has 0 aliphatic carbocycles. The quantitative estimate of drug-likeness (QED) is 0.766. The fourth-order valence-corrected chi connectivity index (χ4v) is 4.41. The molecule has 0 amide bonds. The second-order valence-corrected chi connectivity index (χ2v) is 7.16. The SMILES string of the molecule is CC1=CCCN(S(=O)(=O)N2CCCC(CO)C2)C1. The molecule has 2 heterocycles. The van der Waals surface area contributed by atoms with Crippen LogP contribution in [0.25, 0.3) is 0 Å². The summed E-state index contributed by atoms with van der Waals surface area (Å²) in [5.41, 5.74) is 1.11. The zero-order valence-corrected chi connectivity index (χ0v) is 11.7. The van der Waals surface area contributed by atoms with Crippen LogP contribution in [-0.4, -0.2) is 54.9 Å². The maximum absolute atomic E-state index is 12.5. The van der Waals surface area contributed by atoms with Crippen molar-refractivity contribution in [3.05, 3.63) is 11.6 Å². The van der Waals surface area contributed by atoms with E-state index in [1.807, 2.05) is 6.92 Å². The van der Waals surface area contributed by atoms with Crippen molar-refractivity contribution < 1.29 is 13.5 Å². The van der Waals surface area contributed by atoms with Crippen LogP contribution in [0.15, 0.2) is 11.6 Å². The third kappa shape index (κ3) is 2.93. The molecule has 0 spiro atoms. The molecule has 18 heavy (non-hydrogen) atoms. The van der Waals surface area contributed by atoms with Gasteiger partial charge in [0.2, 0.25) is 0 Å². The van der Waals surface area contributed by atoms with Gasteiger partial charge in [0, 0.05) is 32.8 Å². The number of aliphatic hydroxyl groups excluding tert-OH is 1. The predicted molar refractivity (Wildman–Crippen MR) is 70.2 cm³/mol. The Bertz CT molecular complexity index is 419. The largest absolute Gasteiger partial charge is 0.396 e. The minimum absolute atomic E-state index is 0.0744. The molecule has 1 unspecified atom stereocenters. The first-order valence-corrected chi connectivity index (χ1v) is 7.95. The Morgan fingerprint density at radius 1 is 1.39 bits per heavy atom. The fraction of sp³-hybridized carbons (Fsp3) is 0.833. The van der Waals surface area contributed by atoms with Gasteiger partial charge in [-0.15, -0.1) is 0 Å². The lowest BCUT2D eigenvalue weighted by Gasteiger charge is -2.36. The lowest BCUT2D eigenvalue weighted by Crippen LogP contribution is -2.49. The number of nitrogens with zero attached hydrogens (tertiary/aromatic N) is 2. The summed E-state index contributed by atoms with van der Waals surface area (Å²) in [4.78, 5) is 0. The molecule has 1 atom stereocenters. The first kappa shape index (κ1) is 14.0. The van der Waals surface area contributed by atoms with Crippen molar-refractivity contribution in [1.82, 2.24) is 8.61 Å². The van der Waals surface area contributed by atoms with Gasteiger partial charge in [-0.05, 0) is 32.1 Å². The smallest absolute Gasteiger partial charge is 0.282 e. The van der Waals surface area contributed by atoms with Crippen LogP contribution in [0.5, 0.6) is 0 Å². The molecule has 2 rings (SSSR count). The van der Waals surface area contributed by atoms with Crippen molar-refractivity contribution in [2.75, 3.05) is 32.8 Å². The standard InChI is InChI=1S/C12H22N2O3S/c1-11-4-2-6-13(8-11)18(16,17)14-7-3-5-12(9-14)10-15/h4,12,15H,2-3,5-10H2,1H3. The highest BCUT2D eigenvalue weighted by atomic mass is 32.2. The third-order valence-corrected chi connectivity index (χ3v) is 5.64. The molecule has 2 aliphatic heterocycles. The van der Waals surface area contributed by atoms with E-state index < -0.39 is 10.2 Å². The minimum Gasteiger partial charge on any atom is -0.396 e. The Labute approximate surface area is 109 Å². The van der Waals surface area contributed by atoms with Gasteiger partial charge in [-0.25, -0.2) is 0 Å². The van der Waals surface area contributed by atoms with Gasteiger partial charge >= 0.3 is 0 Å². The van der Waals surface area contributed by atoms with Crippen LogP contribution >= 0.6 is 0 Å². The van der Waals surface area contributed by atoms with Crippen LogP contribution in [0.4, 0.5) is 0 Å². The van der Waals surface area contributed by atoms with Gasteiger partial charge < -0.3 is 5.11 Å². The van der Waals surface area contributed by atoms with Crippen LogP contribution in [-0.2, 0) is 10.2 Å². The maximum Gasteiger partial charge on any atom is 0.282 e. The van der Waals surface area contributed by atoms with E-state index >= 15 is 0 Å². The first-order chi connectivity index (χ1) is 8.54. The average Bonchev–Trinajstić information content (AvgIpc) is 2.39. The van der Waals surface area contributed by atoms with Gasteiger partial charge in [0.25, 0.3) is 10.2 Å². The summed E-state index contributed by atoms with van der Waals surface area (Å²) in [5, 5.41) is 9.18. The molecule has 0 radical (unpaired) electrons. The lowest BCUT2D eigenvalue weighted by atomic mass is 10.0. The van der Waals surface area contributed by atoms with E-state index in [1.54, 1.807) is 4.31 Å². The van der Waals surface area contributed by atoms with Gasteiger partial charge in [0.15, 0.2) is 0 Å². The van der Waals surface area contributed by atoms with E-state index in [2.05, 4.69) is 6.08 Å². The summed E-state index contributed by atoms with van der Waals surface area (Å²) in [7, 11) is -3.35. The summed E-state index contributed by atoms with van der Waals surface area (Å²) in [6, 6.07) is 0. The Balaban J connectivity index is 2.08. The van der Waals surface area contributed by atoms with Crippen molar-refractivity contribution >= 4 is 10.2 Å². The Hall–Kier alpha value is -0.430. The van der Waals surface area contributed by atoms with E-state index in [0.717, 1.165) is 24.8 Å². The normalized spacial score (nSPS) is 28.1. The maximum atomic E-state index is 12.5. The highest BCUT2D eigenvalue weighted by Crippen LogP contribution is 2.22. The summed E-state index contributed by atoms with van der Waals surface area (Å²) in [6.07, 6.45) is 4.65. The van der Waals surface area contributed by atoms with Gasteiger partial charge in [-0.3, -0.25) is 0 Å².